The Hall–Kier alpha value is -0.650. The number of hydrogen-bond donors (Lipinski definition) is 2. The van der Waals surface area contributed by atoms with Crippen molar-refractivity contribution in [2.75, 3.05) is 13.2 Å². The molecule has 98 valence electrons. The minimum atomic E-state index is -0.843. The molecule has 0 aliphatic carbocycles. The van der Waals surface area contributed by atoms with E-state index in [2.05, 4.69) is 0 Å². The zero-order chi connectivity index (χ0) is 12.8. The van der Waals surface area contributed by atoms with Crippen LogP contribution in [0.25, 0.3) is 0 Å². The number of rotatable bonds is 2. The second kappa shape index (κ2) is 4.47. The summed E-state index contributed by atoms with van der Waals surface area (Å²) < 4.78 is 11.1. The molecule has 2 heterocycles. The van der Waals surface area contributed by atoms with Crippen LogP contribution in [0.15, 0.2) is 24.3 Å². The Balaban J connectivity index is 1.89. The van der Waals surface area contributed by atoms with Crippen LogP contribution < -0.4 is 0 Å². The molecule has 0 aromatic heterocycles. The van der Waals surface area contributed by atoms with Crippen LogP contribution >= 0.6 is 11.6 Å². The molecule has 2 aliphatic heterocycles. The van der Waals surface area contributed by atoms with Crippen molar-refractivity contribution in [3.05, 3.63) is 34.9 Å². The second-order valence-corrected chi connectivity index (χ2v) is 5.35. The lowest BCUT2D eigenvalue weighted by Crippen LogP contribution is -2.48. The molecule has 4 nitrogen and oxygen atoms in total. The standard InChI is InChI=1S/C13H15ClO4/c14-9-3-1-2-8(4-9)5-13-11(16)7-17-12(13)10(15)6-18-13/h1-4,10-12,15-16H,5-7H2/t10-,11+,12-,13-/m1/s1. The van der Waals surface area contributed by atoms with Gasteiger partial charge in [-0.1, -0.05) is 23.7 Å². The van der Waals surface area contributed by atoms with E-state index in [9.17, 15) is 10.2 Å². The number of hydrogen-bond acceptors (Lipinski definition) is 4. The SMILES string of the molecule is O[C@@H]1CO[C@@]2(Cc3cccc(Cl)c3)[C@@H]1OC[C@@H]2O. The summed E-state index contributed by atoms with van der Waals surface area (Å²) in [5.41, 5.74) is 0.121. The van der Waals surface area contributed by atoms with Gasteiger partial charge in [0.05, 0.1) is 13.2 Å². The minimum Gasteiger partial charge on any atom is -0.388 e. The van der Waals surface area contributed by atoms with Gasteiger partial charge >= 0.3 is 0 Å². The Morgan fingerprint density at radius 1 is 1.33 bits per heavy atom. The molecule has 5 heteroatoms. The van der Waals surface area contributed by atoms with Gasteiger partial charge in [-0.2, -0.15) is 0 Å². The van der Waals surface area contributed by atoms with E-state index in [0.717, 1.165) is 5.56 Å². The molecule has 1 aromatic rings. The van der Waals surface area contributed by atoms with E-state index >= 15 is 0 Å². The van der Waals surface area contributed by atoms with Gasteiger partial charge in [0.25, 0.3) is 0 Å². The van der Waals surface area contributed by atoms with Crippen molar-refractivity contribution < 1.29 is 19.7 Å². The molecule has 18 heavy (non-hydrogen) atoms. The Kier molecular flexibility index (Phi) is 3.08. The second-order valence-electron chi connectivity index (χ2n) is 4.91. The maximum Gasteiger partial charge on any atom is 0.129 e. The van der Waals surface area contributed by atoms with Crippen molar-refractivity contribution in [3.8, 4) is 0 Å². The molecule has 0 radical (unpaired) electrons. The van der Waals surface area contributed by atoms with Crippen LogP contribution in [0.5, 0.6) is 0 Å². The molecular formula is C13H15ClO4. The topological polar surface area (TPSA) is 58.9 Å². The lowest BCUT2D eigenvalue weighted by Gasteiger charge is -2.30. The quantitative estimate of drug-likeness (QED) is 0.834. The van der Waals surface area contributed by atoms with E-state index in [0.29, 0.717) is 11.4 Å². The first-order valence-electron chi connectivity index (χ1n) is 5.98. The van der Waals surface area contributed by atoms with Gasteiger partial charge < -0.3 is 19.7 Å². The Morgan fingerprint density at radius 3 is 2.94 bits per heavy atom. The molecule has 0 saturated carbocycles. The third kappa shape index (κ3) is 1.85. The maximum atomic E-state index is 10.1. The highest BCUT2D eigenvalue weighted by molar-refractivity contribution is 6.30. The van der Waals surface area contributed by atoms with Crippen molar-refractivity contribution in [3.63, 3.8) is 0 Å². The van der Waals surface area contributed by atoms with Crippen LogP contribution in [-0.2, 0) is 15.9 Å². The van der Waals surface area contributed by atoms with Gasteiger partial charge in [-0.15, -0.1) is 0 Å². The van der Waals surface area contributed by atoms with E-state index in [-0.39, 0.29) is 13.2 Å². The fourth-order valence-electron chi connectivity index (χ4n) is 2.84. The monoisotopic (exact) mass is 270 g/mol. The molecule has 2 fully saturated rings. The third-order valence-electron chi connectivity index (χ3n) is 3.72. The lowest BCUT2D eigenvalue weighted by molar-refractivity contribution is -0.0755. The van der Waals surface area contributed by atoms with Gasteiger partial charge in [-0.3, -0.25) is 0 Å². The minimum absolute atomic E-state index is 0.197. The number of aliphatic hydroxyl groups is 2. The van der Waals surface area contributed by atoms with Crippen LogP contribution in [0.3, 0.4) is 0 Å². The van der Waals surface area contributed by atoms with Crippen molar-refractivity contribution in [1.82, 2.24) is 0 Å². The highest BCUT2D eigenvalue weighted by Gasteiger charge is 2.59. The molecule has 2 aliphatic rings. The molecular weight excluding hydrogens is 256 g/mol. The van der Waals surface area contributed by atoms with E-state index in [1.165, 1.54) is 0 Å². The van der Waals surface area contributed by atoms with Crippen molar-refractivity contribution >= 4 is 11.6 Å². The van der Waals surface area contributed by atoms with Gasteiger partial charge in [0.1, 0.15) is 23.9 Å². The average Bonchev–Trinajstić information content (AvgIpc) is 2.80. The fourth-order valence-corrected chi connectivity index (χ4v) is 3.06. The zero-order valence-electron chi connectivity index (χ0n) is 9.75. The largest absolute Gasteiger partial charge is 0.388 e. The van der Waals surface area contributed by atoms with Crippen LogP contribution in [0.1, 0.15) is 5.56 Å². The van der Waals surface area contributed by atoms with Gasteiger partial charge in [0, 0.05) is 11.4 Å². The summed E-state index contributed by atoms with van der Waals surface area (Å²) in [6.07, 6.45) is -1.39. The predicted octanol–water partition coefficient (Wildman–Crippen LogP) is 0.772. The lowest BCUT2D eigenvalue weighted by atomic mass is 9.86. The van der Waals surface area contributed by atoms with Gasteiger partial charge in [0.2, 0.25) is 0 Å². The first-order valence-corrected chi connectivity index (χ1v) is 6.36. The number of halogens is 1. The predicted molar refractivity (Wildman–Crippen MR) is 65.6 cm³/mol. The summed E-state index contributed by atoms with van der Waals surface area (Å²) in [5.74, 6) is 0. The van der Waals surface area contributed by atoms with Gasteiger partial charge in [0.15, 0.2) is 0 Å². The normalized spacial score (nSPS) is 38.9. The number of aliphatic hydroxyl groups excluding tert-OH is 2. The maximum absolute atomic E-state index is 10.1. The molecule has 0 unspecified atom stereocenters. The first-order chi connectivity index (χ1) is 8.62. The summed E-state index contributed by atoms with van der Waals surface area (Å²) in [7, 11) is 0. The number of fused-ring (bicyclic) bond motifs is 1. The summed E-state index contributed by atoms with van der Waals surface area (Å²) in [6, 6.07) is 7.42. The van der Waals surface area contributed by atoms with Crippen LogP contribution in [0.4, 0.5) is 0 Å². The molecule has 0 bridgehead atoms. The van der Waals surface area contributed by atoms with Crippen molar-refractivity contribution in [2.24, 2.45) is 0 Å². The summed E-state index contributed by atoms with van der Waals surface area (Å²) in [5, 5.41) is 20.6. The number of benzene rings is 1. The molecule has 2 saturated heterocycles. The summed E-state index contributed by atoms with van der Waals surface area (Å²) >= 11 is 5.95. The van der Waals surface area contributed by atoms with E-state index < -0.39 is 23.9 Å². The Morgan fingerprint density at radius 2 is 2.17 bits per heavy atom. The smallest absolute Gasteiger partial charge is 0.129 e. The van der Waals surface area contributed by atoms with E-state index in [4.69, 9.17) is 21.1 Å². The van der Waals surface area contributed by atoms with E-state index in [1.54, 1.807) is 6.07 Å². The molecule has 0 amide bonds. The third-order valence-corrected chi connectivity index (χ3v) is 3.96. The first kappa shape index (κ1) is 12.4. The summed E-state index contributed by atoms with van der Waals surface area (Å²) in [6.45, 7) is 0.393. The highest BCUT2D eigenvalue weighted by Crippen LogP contribution is 2.40. The van der Waals surface area contributed by atoms with Crippen LogP contribution in [-0.4, -0.2) is 47.3 Å². The van der Waals surface area contributed by atoms with Crippen LogP contribution in [0.2, 0.25) is 5.02 Å². The molecule has 0 spiro atoms. The number of ether oxygens (including phenoxy) is 2. The zero-order valence-corrected chi connectivity index (χ0v) is 10.5. The van der Waals surface area contributed by atoms with Gasteiger partial charge in [-0.05, 0) is 17.7 Å². The molecule has 4 atom stereocenters. The molecule has 1 aromatic carbocycles. The van der Waals surface area contributed by atoms with E-state index in [1.807, 2.05) is 18.2 Å². The average molecular weight is 271 g/mol. The molecule has 2 N–H and O–H groups in total. The Bertz CT molecular complexity index is 452. The van der Waals surface area contributed by atoms with Crippen molar-refractivity contribution in [2.45, 2.75) is 30.3 Å². The van der Waals surface area contributed by atoms with Gasteiger partial charge in [-0.25, -0.2) is 0 Å². The highest BCUT2D eigenvalue weighted by atomic mass is 35.5. The Labute approximate surface area is 110 Å². The van der Waals surface area contributed by atoms with Crippen LogP contribution in [0, 0.1) is 0 Å². The summed E-state index contributed by atoms with van der Waals surface area (Å²) in [4.78, 5) is 0. The van der Waals surface area contributed by atoms with Crippen molar-refractivity contribution in [1.29, 1.82) is 0 Å². The molecule has 3 rings (SSSR count). The fraction of sp³-hybridized carbons (Fsp3) is 0.538.